The van der Waals surface area contributed by atoms with E-state index in [1.165, 1.54) is 0 Å². The summed E-state index contributed by atoms with van der Waals surface area (Å²) in [5, 5.41) is 0. The van der Waals surface area contributed by atoms with Gasteiger partial charge < -0.3 is 4.57 Å². The molecule has 0 aliphatic carbocycles. The summed E-state index contributed by atoms with van der Waals surface area (Å²) in [7, 11) is 0. The third-order valence-corrected chi connectivity index (χ3v) is 2.67. The van der Waals surface area contributed by atoms with Crippen LogP contribution in [-0.2, 0) is 0 Å². The second-order valence-electron chi connectivity index (χ2n) is 3.62. The van der Waals surface area contributed by atoms with Crippen molar-refractivity contribution in [1.29, 1.82) is 0 Å². The Kier molecular flexibility index (Phi) is 2.31. The van der Waals surface area contributed by atoms with Crippen LogP contribution in [0.1, 0.15) is 25.7 Å². The summed E-state index contributed by atoms with van der Waals surface area (Å²) >= 11 is 3.37. The van der Waals surface area contributed by atoms with Crippen LogP contribution in [0.4, 0.5) is 0 Å². The molecule has 0 aliphatic heterocycles. The molecule has 0 spiro atoms. The van der Waals surface area contributed by atoms with Crippen molar-refractivity contribution in [2.45, 2.75) is 26.8 Å². The number of halogens is 1. The van der Waals surface area contributed by atoms with Gasteiger partial charge in [0.2, 0.25) is 0 Å². The van der Waals surface area contributed by atoms with Gasteiger partial charge in [-0.15, -0.1) is 0 Å². The number of rotatable bonds is 1. The zero-order chi connectivity index (χ0) is 10.3. The summed E-state index contributed by atoms with van der Waals surface area (Å²) in [6.45, 7) is 6.33. The van der Waals surface area contributed by atoms with Gasteiger partial charge in [-0.25, -0.2) is 9.97 Å². The first-order valence-electron chi connectivity index (χ1n) is 4.59. The van der Waals surface area contributed by atoms with E-state index in [1.807, 2.05) is 13.0 Å². The maximum absolute atomic E-state index is 4.46. The lowest BCUT2D eigenvalue weighted by Gasteiger charge is -2.10. The molecule has 0 aliphatic rings. The molecule has 0 fully saturated rings. The predicted octanol–water partition coefficient (Wildman–Crippen LogP) is 3.08. The topological polar surface area (TPSA) is 30.7 Å². The van der Waals surface area contributed by atoms with Gasteiger partial charge in [0.15, 0.2) is 0 Å². The lowest BCUT2D eigenvalue weighted by atomic mass is 10.3. The van der Waals surface area contributed by atoms with E-state index in [1.54, 1.807) is 6.20 Å². The Balaban J connectivity index is 2.79. The van der Waals surface area contributed by atoms with E-state index < -0.39 is 0 Å². The number of hydrogen-bond acceptors (Lipinski definition) is 2. The second-order valence-corrected chi connectivity index (χ2v) is 4.43. The van der Waals surface area contributed by atoms with Gasteiger partial charge >= 0.3 is 0 Å². The normalized spacial score (nSPS) is 11.5. The van der Waals surface area contributed by atoms with Crippen LogP contribution in [0.5, 0.6) is 0 Å². The molecular formula is C10H12BrN3. The summed E-state index contributed by atoms with van der Waals surface area (Å²) in [6.07, 6.45) is 1.80. The van der Waals surface area contributed by atoms with Crippen LogP contribution in [0.25, 0.3) is 11.0 Å². The number of imidazole rings is 1. The largest absolute Gasteiger partial charge is 0.326 e. The fourth-order valence-electron chi connectivity index (χ4n) is 1.75. The molecule has 2 aromatic rings. The molecule has 0 bridgehead atoms. The maximum atomic E-state index is 4.46. The minimum atomic E-state index is 0.425. The number of aromatic nitrogens is 3. The Morgan fingerprint density at radius 1 is 1.43 bits per heavy atom. The average molecular weight is 254 g/mol. The summed E-state index contributed by atoms with van der Waals surface area (Å²) in [6, 6.07) is 2.43. The highest BCUT2D eigenvalue weighted by atomic mass is 79.9. The van der Waals surface area contributed by atoms with Gasteiger partial charge in [0.1, 0.15) is 15.9 Å². The third-order valence-electron chi connectivity index (χ3n) is 2.24. The van der Waals surface area contributed by atoms with Crippen molar-refractivity contribution >= 4 is 27.0 Å². The molecule has 0 N–H and O–H groups in total. The number of pyridine rings is 1. The Bertz CT molecular complexity index is 473. The molecule has 0 saturated carbocycles. The first kappa shape index (κ1) is 9.65. The predicted molar refractivity (Wildman–Crippen MR) is 60.4 cm³/mol. The molecule has 3 nitrogen and oxygen atoms in total. The van der Waals surface area contributed by atoms with Crippen molar-refractivity contribution in [1.82, 2.24) is 14.5 Å². The van der Waals surface area contributed by atoms with Crippen molar-refractivity contribution in [3.63, 3.8) is 0 Å². The van der Waals surface area contributed by atoms with Gasteiger partial charge in [-0.05, 0) is 42.8 Å². The van der Waals surface area contributed by atoms with E-state index in [2.05, 4.69) is 44.3 Å². The molecule has 14 heavy (non-hydrogen) atoms. The Morgan fingerprint density at radius 2 is 2.14 bits per heavy atom. The number of hydrogen-bond donors (Lipinski definition) is 0. The highest BCUT2D eigenvalue weighted by Crippen LogP contribution is 2.22. The van der Waals surface area contributed by atoms with Gasteiger partial charge in [0.05, 0.1) is 11.7 Å². The molecule has 2 aromatic heterocycles. The molecule has 0 amide bonds. The van der Waals surface area contributed by atoms with E-state index in [9.17, 15) is 0 Å². The summed E-state index contributed by atoms with van der Waals surface area (Å²) < 4.78 is 3.06. The Labute approximate surface area is 91.3 Å². The summed E-state index contributed by atoms with van der Waals surface area (Å²) in [5.74, 6) is 1.04. The SMILES string of the molecule is Cc1nc2cnc(Br)cc2n1C(C)C. The van der Waals surface area contributed by atoms with Crippen molar-refractivity contribution in [2.24, 2.45) is 0 Å². The highest BCUT2D eigenvalue weighted by molar-refractivity contribution is 9.10. The zero-order valence-electron chi connectivity index (χ0n) is 8.45. The first-order valence-corrected chi connectivity index (χ1v) is 5.39. The van der Waals surface area contributed by atoms with E-state index in [4.69, 9.17) is 0 Å². The van der Waals surface area contributed by atoms with Crippen LogP contribution in [0.2, 0.25) is 0 Å². The molecule has 4 heteroatoms. The molecular weight excluding hydrogens is 242 g/mol. The zero-order valence-corrected chi connectivity index (χ0v) is 10.0. The van der Waals surface area contributed by atoms with E-state index in [0.717, 1.165) is 21.5 Å². The van der Waals surface area contributed by atoms with Crippen molar-refractivity contribution < 1.29 is 0 Å². The fourth-order valence-corrected chi connectivity index (χ4v) is 2.07. The molecule has 0 radical (unpaired) electrons. The Morgan fingerprint density at radius 3 is 2.79 bits per heavy atom. The quantitative estimate of drug-likeness (QED) is 0.732. The standard InChI is InChI=1S/C10H12BrN3/c1-6(2)14-7(3)13-8-5-12-10(11)4-9(8)14/h4-6H,1-3H3. The molecule has 0 saturated heterocycles. The van der Waals surface area contributed by atoms with Gasteiger partial charge in [0.25, 0.3) is 0 Å². The van der Waals surface area contributed by atoms with Gasteiger partial charge in [0, 0.05) is 6.04 Å². The maximum Gasteiger partial charge on any atom is 0.108 e. The number of aryl methyl sites for hydroxylation is 1. The average Bonchev–Trinajstić information content (AvgIpc) is 2.40. The van der Waals surface area contributed by atoms with Crippen LogP contribution in [0.3, 0.4) is 0 Å². The number of nitrogens with zero attached hydrogens (tertiary/aromatic N) is 3. The summed E-state index contributed by atoms with van der Waals surface area (Å²) in [4.78, 5) is 8.62. The van der Waals surface area contributed by atoms with Crippen molar-refractivity contribution in [3.05, 3.63) is 22.7 Å². The monoisotopic (exact) mass is 253 g/mol. The molecule has 0 atom stereocenters. The van der Waals surface area contributed by atoms with Gasteiger partial charge in [-0.3, -0.25) is 0 Å². The minimum Gasteiger partial charge on any atom is -0.326 e. The van der Waals surface area contributed by atoms with Crippen LogP contribution in [-0.4, -0.2) is 14.5 Å². The minimum absolute atomic E-state index is 0.425. The van der Waals surface area contributed by atoms with Crippen molar-refractivity contribution in [3.8, 4) is 0 Å². The second kappa shape index (κ2) is 3.35. The van der Waals surface area contributed by atoms with Crippen LogP contribution < -0.4 is 0 Å². The first-order chi connectivity index (χ1) is 6.59. The van der Waals surface area contributed by atoms with Crippen molar-refractivity contribution in [2.75, 3.05) is 0 Å². The molecule has 74 valence electrons. The smallest absolute Gasteiger partial charge is 0.108 e. The van der Waals surface area contributed by atoms with Crippen LogP contribution in [0.15, 0.2) is 16.9 Å². The molecule has 2 rings (SSSR count). The van der Waals surface area contributed by atoms with E-state index in [0.29, 0.717) is 6.04 Å². The fraction of sp³-hybridized carbons (Fsp3) is 0.400. The lowest BCUT2D eigenvalue weighted by Crippen LogP contribution is -2.02. The molecule has 0 unspecified atom stereocenters. The van der Waals surface area contributed by atoms with E-state index in [-0.39, 0.29) is 0 Å². The number of fused-ring (bicyclic) bond motifs is 1. The van der Waals surface area contributed by atoms with Gasteiger partial charge in [-0.1, -0.05) is 0 Å². The lowest BCUT2D eigenvalue weighted by molar-refractivity contribution is 0.600. The third kappa shape index (κ3) is 1.43. The molecule has 0 aromatic carbocycles. The van der Waals surface area contributed by atoms with Crippen LogP contribution in [0, 0.1) is 6.92 Å². The highest BCUT2D eigenvalue weighted by Gasteiger charge is 2.10. The van der Waals surface area contributed by atoms with Gasteiger partial charge in [-0.2, -0.15) is 0 Å². The van der Waals surface area contributed by atoms with Crippen LogP contribution >= 0.6 is 15.9 Å². The Hall–Kier alpha value is -0.900. The van der Waals surface area contributed by atoms with E-state index >= 15 is 0 Å². The summed E-state index contributed by atoms with van der Waals surface area (Å²) in [5.41, 5.74) is 2.10. The molecule has 2 heterocycles.